The molecule has 2 rings (SSSR count). The molecule has 1 N–H and O–H groups in total. The molecule has 1 heterocycles. The zero-order valence-electron chi connectivity index (χ0n) is 7.88. The van der Waals surface area contributed by atoms with Crippen molar-refractivity contribution in [1.82, 2.24) is 4.98 Å². The largest absolute Gasteiger partial charge is 0.310 e. The molecule has 0 bridgehead atoms. The second kappa shape index (κ2) is 3.69. The van der Waals surface area contributed by atoms with E-state index in [0.717, 1.165) is 22.9 Å². The highest BCUT2D eigenvalue weighted by Crippen LogP contribution is 2.30. The fraction of sp³-hybridized carbons (Fsp3) is 0.400. The molecule has 0 atom stereocenters. The highest BCUT2D eigenvalue weighted by Gasteiger charge is 2.29. The summed E-state index contributed by atoms with van der Waals surface area (Å²) in [5, 5.41) is 2.83. The maximum atomic E-state index is 11.4. The molecule has 1 saturated carbocycles. The molecule has 1 aromatic heterocycles. The number of aryl methyl sites for hydroxylation is 1. The van der Waals surface area contributed by atoms with E-state index in [9.17, 15) is 4.79 Å². The van der Waals surface area contributed by atoms with Crippen LogP contribution in [0.5, 0.6) is 0 Å². The van der Waals surface area contributed by atoms with Crippen LogP contribution < -0.4 is 5.32 Å². The van der Waals surface area contributed by atoms with Crippen LogP contribution in [0, 0.1) is 12.8 Å². The number of pyridine rings is 1. The third-order valence-corrected chi connectivity index (χ3v) is 2.67. The lowest BCUT2D eigenvalue weighted by molar-refractivity contribution is -0.117. The van der Waals surface area contributed by atoms with E-state index in [1.54, 1.807) is 6.20 Å². The smallest absolute Gasteiger partial charge is 0.228 e. The van der Waals surface area contributed by atoms with Gasteiger partial charge >= 0.3 is 0 Å². The molecule has 74 valence electrons. The van der Waals surface area contributed by atoms with Crippen LogP contribution in [-0.4, -0.2) is 10.9 Å². The van der Waals surface area contributed by atoms with E-state index in [0.29, 0.717) is 5.82 Å². The Kier molecular flexibility index (Phi) is 2.54. The van der Waals surface area contributed by atoms with Crippen LogP contribution in [0.2, 0.25) is 0 Å². The van der Waals surface area contributed by atoms with E-state index >= 15 is 0 Å². The van der Waals surface area contributed by atoms with Crippen LogP contribution in [0.15, 0.2) is 16.7 Å². The topological polar surface area (TPSA) is 42.0 Å². The van der Waals surface area contributed by atoms with Crippen LogP contribution in [-0.2, 0) is 4.79 Å². The molecule has 3 nitrogen and oxygen atoms in total. The summed E-state index contributed by atoms with van der Waals surface area (Å²) in [6.07, 6.45) is 3.72. The predicted octanol–water partition coefficient (Wildman–Crippen LogP) is 2.50. The third kappa shape index (κ3) is 2.12. The molecule has 1 amide bonds. The first-order valence-electron chi connectivity index (χ1n) is 4.60. The third-order valence-electron chi connectivity index (χ3n) is 2.23. The van der Waals surface area contributed by atoms with Gasteiger partial charge in [-0.2, -0.15) is 0 Å². The summed E-state index contributed by atoms with van der Waals surface area (Å²) in [6, 6.07) is 1.94. The molecule has 0 unspecified atom stereocenters. The standard InChI is InChI=1S/C10H11BrN2O/c1-6-4-8(11)5-12-9(6)13-10(14)7-2-3-7/h4-5,7H,2-3H2,1H3,(H,12,13,14). The summed E-state index contributed by atoms with van der Waals surface area (Å²) >= 11 is 3.33. The molecule has 1 aromatic rings. The molecule has 1 fully saturated rings. The second-order valence-electron chi connectivity index (χ2n) is 3.58. The van der Waals surface area contributed by atoms with Gasteiger partial charge < -0.3 is 5.32 Å². The summed E-state index contributed by atoms with van der Waals surface area (Å²) in [6.45, 7) is 1.93. The second-order valence-corrected chi connectivity index (χ2v) is 4.50. The Hall–Kier alpha value is -0.900. The van der Waals surface area contributed by atoms with Gasteiger partial charge in [0.2, 0.25) is 5.91 Å². The fourth-order valence-corrected chi connectivity index (χ4v) is 1.68. The van der Waals surface area contributed by atoms with Gasteiger partial charge in [0.1, 0.15) is 5.82 Å². The molecule has 0 radical (unpaired) electrons. The Morgan fingerprint density at radius 1 is 1.64 bits per heavy atom. The number of nitrogens with zero attached hydrogens (tertiary/aromatic N) is 1. The van der Waals surface area contributed by atoms with Crippen LogP contribution in [0.3, 0.4) is 0 Å². The number of aromatic nitrogens is 1. The Balaban J connectivity index is 2.11. The molecule has 4 heteroatoms. The lowest BCUT2D eigenvalue weighted by atomic mass is 10.3. The van der Waals surface area contributed by atoms with Crippen LogP contribution in [0.4, 0.5) is 5.82 Å². The average molecular weight is 255 g/mol. The van der Waals surface area contributed by atoms with Crippen molar-refractivity contribution in [2.45, 2.75) is 19.8 Å². The van der Waals surface area contributed by atoms with Crippen molar-refractivity contribution in [3.8, 4) is 0 Å². The van der Waals surface area contributed by atoms with Crippen molar-refractivity contribution in [3.05, 3.63) is 22.3 Å². The number of hydrogen-bond acceptors (Lipinski definition) is 2. The number of amides is 1. The first-order valence-corrected chi connectivity index (χ1v) is 5.39. The quantitative estimate of drug-likeness (QED) is 0.882. The van der Waals surface area contributed by atoms with Crippen molar-refractivity contribution in [1.29, 1.82) is 0 Å². The van der Waals surface area contributed by atoms with Gasteiger partial charge in [-0.1, -0.05) is 0 Å². The summed E-state index contributed by atoms with van der Waals surface area (Å²) in [5.41, 5.74) is 0.980. The first kappa shape index (κ1) is 9.65. The minimum absolute atomic E-state index is 0.0999. The molecule has 1 aliphatic rings. The lowest BCUT2D eigenvalue weighted by Crippen LogP contribution is -2.15. The maximum absolute atomic E-state index is 11.4. The number of halogens is 1. The van der Waals surface area contributed by atoms with Crippen molar-refractivity contribution >= 4 is 27.7 Å². The van der Waals surface area contributed by atoms with Gasteiger partial charge in [0, 0.05) is 16.6 Å². The Bertz CT molecular complexity index is 374. The Morgan fingerprint density at radius 2 is 2.36 bits per heavy atom. The van der Waals surface area contributed by atoms with Crippen LogP contribution in [0.25, 0.3) is 0 Å². The number of carbonyl (C=O) groups is 1. The molecular weight excluding hydrogens is 244 g/mol. The predicted molar refractivity (Wildman–Crippen MR) is 58.0 cm³/mol. The van der Waals surface area contributed by atoms with Crippen molar-refractivity contribution in [2.24, 2.45) is 5.92 Å². The van der Waals surface area contributed by atoms with E-state index < -0.39 is 0 Å². The number of rotatable bonds is 2. The van der Waals surface area contributed by atoms with Crippen molar-refractivity contribution < 1.29 is 4.79 Å². The zero-order chi connectivity index (χ0) is 10.1. The van der Waals surface area contributed by atoms with Gasteiger partial charge in [-0.15, -0.1) is 0 Å². The number of hydrogen-bond donors (Lipinski definition) is 1. The SMILES string of the molecule is Cc1cc(Br)cnc1NC(=O)C1CC1. The molecule has 0 aliphatic heterocycles. The molecule has 0 spiro atoms. The van der Waals surface area contributed by atoms with Crippen molar-refractivity contribution in [2.75, 3.05) is 5.32 Å². The van der Waals surface area contributed by atoms with E-state index in [1.165, 1.54) is 0 Å². The van der Waals surface area contributed by atoms with Gasteiger partial charge in [-0.05, 0) is 47.3 Å². The van der Waals surface area contributed by atoms with Gasteiger partial charge in [0.05, 0.1) is 0 Å². The number of nitrogens with one attached hydrogen (secondary N) is 1. The van der Waals surface area contributed by atoms with Gasteiger partial charge in [0.25, 0.3) is 0 Å². The van der Waals surface area contributed by atoms with Gasteiger partial charge in [0.15, 0.2) is 0 Å². The lowest BCUT2D eigenvalue weighted by Gasteiger charge is -2.06. The summed E-state index contributed by atoms with van der Waals surface area (Å²) < 4.78 is 0.930. The first-order chi connectivity index (χ1) is 6.66. The molecule has 14 heavy (non-hydrogen) atoms. The molecular formula is C10H11BrN2O. The van der Waals surface area contributed by atoms with Gasteiger partial charge in [-0.3, -0.25) is 4.79 Å². The number of anilines is 1. The van der Waals surface area contributed by atoms with Crippen molar-refractivity contribution in [3.63, 3.8) is 0 Å². The minimum Gasteiger partial charge on any atom is -0.310 e. The highest BCUT2D eigenvalue weighted by atomic mass is 79.9. The molecule has 0 aromatic carbocycles. The monoisotopic (exact) mass is 254 g/mol. The average Bonchev–Trinajstić information content (AvgIpc) is 2.92. The normalized spacial score (nSPS) is 15.3. The minimum atomic E-state index is 0.0999. The zero-order valence-corrected chi connectivity index (χ0v) is 9.47. The maximum Gasteiger partial charge on any atom is 0.228 e. The molecule has 0 saturated heterocycles. The van der Waals surface area contributed by atoms with E-state index in [-0.39, 0.29) is 11.8 Å². The Morgan fingerprint density at radius 3 is 2.93 bits per heavy atom. The fourth-order valence-electron chi connectivity index (χ4n) is 1.24. The highest BCUT2D eigenvalue weighted by molar-refractivity contribution is 9.10. The van der Waals surface area contributed by atoms with Crippen LogP contribution >= 0.6 is 15.9 Å². The van der Waals surface area contributed by atoms with Crippen LogP contribution in [0.1, 0.15) is 18.4 Å². The summed E-state index contributed by atoms with van der Waals surface area (Å²) in [7, 11) is 0. The van der Waals surface area contributed by atoms with E-state index in [4.69, 9.17) is 0 Å². The number of carbonyl (C=O) groups excluding carboxylic acids is 1. The summed E-state index contributed by atoms with van der Waals surface area (Å²) in [5.74, 6) is 0.993. The molecule has 1 aliphatic carbocycles. The van der Waals surface area contributed by atoms with E-state index in [2.05, 4.69) is 26.2 Å². The van der Waals surface area contributed by atoms with Gasteiger partial charge in [-0.25, -0.2) is 4.98 Å². The Labute approximate surface area is 91.0 Å². The van der Waals surface area contributed by atoms with E-state index in [1.807, 2.05) is 13.0 Å². The summed E-state index contributed by atoms with van der Waals surface area (Å²) in [4.78, 5) is 15.6.